The first-order valence-electron chi connectivity index (χ1n) is 20.2. The number of aromatic nitrogens is 4. The van der Waals surface area contributed by atoms with E-state index in [2.05, 4.69) is 44.2 Å². The number of hydrogen-bond acceptors (Lipinski definition) is 14. The number of piperidine rings is 1. The van der Waals surface area contributed by atoms with Crippen LogP contribution in [0.25, 0.3) is 0 Å². The van der Waals surface area contributed by atoms with Gasteiger partial charge >= 0.3 is 0 Å². The molecule has 1 aromatic carbocycles. The number of benzene rings is 1. The van der Waals surface area contributed by atoms with E-state index in [1.807, 2.05) is 24.3 Å². The van der Waals surface area contributed by atoms with Crippen LogP contribution in [-0.2, 0) is 43.9 Å². The van der Waals surface area contributed by atoms with Crippen LogP contribution in [0.1, 0.15) is 63.8 Å². The average molecular weight is 832 g/mol. The van der Waals surface area contributed by atoms with Gasteiger partial charge in [-0.1, -0.05) is 13.8 Å². The Labute approximate surface area is 340 Å². The van der Waals surface area contributed by atoms with E-state index in [1.54, 1.807) is 0 Å². The molecule has 0 bridgehead atoms. The van der Waals surface area contributed by atoms with Gasteiger partial charge < -0.3 is 39.4 Å². The Morgan fingerprint density at radius 2 is 1.30 bits per heavy atom. The fourth-order valence-electron chi connectivity index (χ4n) is 7.57. The summed E-state index contributed by atoms with van der Waals surface area (Å²) in [6, 6.07) is 8.58. The summed E-state index contributed by atoms with van der Waals surface area (Å²) in [5.74, 6) is 5.14. The van der Waals surface area contributed by atoms with Gasteiger partial charge in [0.15, 0.2) is 0 Å². The van der Waals surface area contributed by atoms with Crippen LogP contribution in [0, 0.1) is 0 Å². The Hall–Kier alpha value is -3.15. The van der Waals surface area contributed by atoms with Gasteiger partial charge in [0.25, 0.3) is 0 Å². The lowest BCUT2D eigenvalue weighted by molar-refractivity contribution is 0.0902. The van der Waals surface area contributed by atoms with Crippen LogP contribution in [0.2, 0.25) is 5.28 Å². The molecule has 0 spiro atoms. The number of hydrogen-bond donors (Lipinski definition) is 2. The van der Waals surface area contributed by atoms with Crippen molar-refractivity contribution in [3.63, 3.8) is 0 Å². The summed E-state index contributed by atoms with van der Waals surface area (Å²) in [7, 11) is -2.03. The van der Waals surface area contributed by atoms with Crippen molar-refractivity contribution in [1.29, 1.82) is 0 Å². The van der Waals surface area contributed by atoms with Crippen molar-refractivity contribution >= 4 is 50.8 Å². The highest BCUT2D eigenvalue weighted by Gasteiger charge is 2.31. The molecule has 306 valence electrons. The number of likely N-dealkylation sites (N-methyl/N-ethyl adjacent to an activating group) is 1. The summed E-state index contributed by atoms with van der Waals surface area (Å²) in [6.07, 6.45) is 7.16. The molecule has 2 N–H and O–H groups in total. The molecule has 5 aliphatic rings. The van der Waals surface area contributed by atoms with Crippen LogP contribution in [0.4, 0.5) is 17.6 Å². The molecule has 56 heavy (non-hydrogen) atoms. The van der Waals surface area contributed by atoms with E-state index in [-0.39, 0.29) is 11.4 Å². The molecule has 0 saturated carbocycles. The first-order valence-corrected chi connectivity index (χ1v) is 23.2. The lowest BCUT2D eigenvalue weighted by Crippen LogP contribution is -2.39. The van der Waals surface area contributed by atoms with E-state index in [1.165, 1.54) is 0 Å². The first-order chi connectivity index (χ1) is 27.4. The molecule has 2 atom stereocenters. The van der Waals surface area contributed by atoms with Crippen LogP contribution < -0.4 is 25.0 Å². The summed E-state index contributed by atoms with van der Waals surface area (Å²) in [5, 5.41) is 7.14. The molecule has 3 saturated heterocycles. The summed E-state index contributed by atoms with van der Waals surface area (Å²) in [4.78, 5) is 24.2. The third-order valence-corrected chi connectivity index (χ3v) is 14.0. The number of nitrogens with one attached hydrogen (secondary N) is 2. The van der Waals surface area contributed by atoms with Gasteiger partial charge in [-0.25, -0.2) is 9.97 Å². The van der Waals surface area contributed by atoms with E-state index in [4.69, 9.17) is 40.5 Å². The quantitative estimate of drug-likeness (QED) is 0.225. The molecular formula is C39H55ClN8O6S2. The van der Waals surface area contributed by atoms with E-state index >= 15 is 0 Å². The summed E-state index contributed by atoms with van der Waals surface area (Å²) in [6.45, 7) is 12.7. The zero-order chi connectivity index (χ0) is 38.9. The van der Waals surface area contributed by atoms with Crippen molar-refractivity contribution in [3.8, 4) is 11.5 Å². The minimum atomic E-state index is -1.03. The fraction of sp³-hybridized carbons (Fsp3) is 0.641. The SMILES string of the molecule is CCN(CC)CCOc1ccc(OC2CCN(c3nc4c(c(NC5CCOCC5)n3)S(=O)CC4)CC2)cc1.O=S1CCc2nc(Cl)nc(NC3CCOCC3)c21. The third-order valence-electron chi connectivity index (χ3n) is 10.9. The van der Waals surface area contributed by atoms with Gasteiger partial charge in [-0.3, -0.25) is 8.42 Å². The van der Waals surface area contributed by atoms with Crippen LogP contribution >= 0.6 is 11.6 Å². The summed E-state index contributed by atoms with van der Waals surface area (Å²) >= 11 is 5.91. The van der Waals surface area contributed by atoms with Crippen LogP contribution in [0.15, 0.2) is 34.1 Å². The molecule has 2 aromatic heterocycles. The van der Waals surface area contributed by atoms with Crippen molar-refractivity contribution in [2.24, 2.45) is 0 Å². The molecule has 17 heteroatoms. The number of ether oxygens (including phenoxy) is 4. The first kappa shape index (κ1) is 41.0. The van der Waals surface area contributed by atoms with Gasteiger partial charge in [0.05, 0.1) is 33.0 Å². The van der Waals surface area contributed by atoms with Crippen molar-refractivity contribution in [1.82, 2.24) is 24.8 Å². The number of fused-ring (bicyclic) bond motifs is 2. The van der Waals surface area contributed by atoms with Crippen LogP contribution in [0.5, 0.6) is 11.5 Å². The zero-order valence-electron chi connectivity index (χ0n) is 32.5. The molecule has 7 heterocycles. The maximum atomic E-state index is 12.7. The number of halogens is 1. The molecule has 5 aliphatic heterocycles. The van der Waals surface area contributed by atoms with Crippen molar-refractivity contribution in [2.75, 3.05) is 92.8 Å². The van der Waals surface area contributed by atoms with Crippen molar-refractivity contribution < 1.29 is 27.4 Å². The lowest BCUT2D eigenvalue weighted by atomic mass is 10.1. The minimum absolute atomic E-state index is 0.155. The van der Waals surface area contributed by atoms with E-state index in [0.717, 1.165) is 149 Å². The standard InChI is InChI=1S/C28H41N5O4S.C11H14ClN3O2S/c1-3-32(4-2)16-19-36-22-5-7-23(8-6-22)37-24-9-14-33(15-10-24)28-30-25-13-20-38(34)26(25)27(31-28)29-21-11-17-35-18-12-21;12-11-14-8-3-6-18(16)9(8)10(15-11)13-7-1-4-17-5-2-7/h5-8,21,24H,3-4,9-20H2,1-2H3,(H,29,30,31);7H,1-6H2,(H,13,14,15). The second-order valence-electron chi connectivity index (χ2n) is 14.6. The maximum Gasteiger partial charge on any atom is 0.227 e. The van der Waals surface area contributed by atoms with Crippen molar-refractivity contribution in [3.05, 3.63) is 40.9 Å². The van der Waals surface area contributed by atoms with Gasteiger partial charge in [-0.2, -0.15) is 9.97 Å². The number of nitrogens with zero attached hydrogens (tertiary/aromatic N) is 6. The summed E-state index contributed by atoms with van der Waals surface area (Å²) < 4.78 is 47.6. The van der Waals surface area contributed by atoms with E-state index in [9.17, 15) is 8.42 Å². The molecule has 2 unspecified atom stereocenters. The van der Waals surface area contributed by atoms with E-state index < -0.39 is 21.6 Å². The Morgan fingerprint density at radius 1 is 0.768 bits per heavy atom. The molecule has 3 aromatic rings. The number of rotatable bonds is 13. The second kappa shape index (κ2) is 20.0. The summed E-state index contributed by atoms with van der Waals surface area (Å²) in [5.41, 5.74) is 1.75. The highest BCUT2D eigenvalue weighted by Crippen LogP contribution is 2.33. The fourth-order valence-corrected chi connectivity index (χ4v) is 10.4. The predicted octanol–water partition coefficient (Wildman–Crippen LogP) is 4.88. The second-order valence-corrected chi connectivity index (χ2v) is 17.9. The maximum absolute atomic E-state index is 12.7. The van der Waals surface area contributed by atoms with Gasteiger partial charge in [0, 0.05) is 95.3 Å². The van der Waals surface area contributed by atoms with Crippen LogP contribution in [-0.4, -0.2) is 129 Å². The van der Waals surface area contributed by atoms with Gasteiger partial charge in [0.2, 0.25) is 11.2 Å². The van der Waals surface area contributed by atoms with Gasteiger partial charge in [-0.05, 0) is 74.6 Å². The molecule has 0 radical (unpaired) electrons. The van der Waals surface area contributed by atoms with Crippen LogP contribution in [0.3, 0.4) is 0 Å². The molecule has 0 aliphatic carbocycles. The Balaban J connectivity index is 0.000000222. The highest BCUT2D eigenvalue weighted by atomic mass is 35.5. The Bertz CT molecular complexity index is 1800. The minimum Gasteiger partial charge on any atom is -0.492 e. The zero-order valence-corrected chi connectivity index (χ0v) is 34.9. The average Bonchev–Trinajstić information content (AvgIpc) is 3.79. The number of anilines is 3. The smallest absolute Gasteiger partial charge is 0.227 e. The molecule has 14 nitrogen and oxygen atoms in total. The Kier molecular flexibility index (Phi) is 14.7. The number of aryl methyl sites for hydroxylation is 2. The third kappa shape index (κ3) is 10.7. The molecular weight excluding hydrogens is 776 g/mol. The van der Waals surface area contributed by atoms with Gasteiger partial charge in [0.1, 0.15) is 45.6 Å². The highest BCUT2D eigenvalue weighted by molar-refractivity contribution is 7.85. The molecule has 8 rings (SSSR count). The largest absolute Gasteiger partial charge is 0.492 e. The topological polar surface area (TPSA) is 153 Å². The lowest BCUT2D eigenvalue weighted by Gasteiger charge is -2.33. The van der Waals surface area contributed by atoms with E-state index in [0.29, 0.717) is 42.4 Å². The normalized spacial score (nSPS) is 21.6. The predicted molar refractivity (Wildman–Crippen MR) is 220 cm³/mol. The Morgan fingerprint density at radius 3 is 1.88 bits per heavy atom. The monoisotopic (exact) mass is 830 g/mol. The van der Waals surface area contributed by atoms with Crippen molar-refractivity contribution in [2.45, 2.75) is 93.2 Å². The molecule has 0 amide bonds. The molecule has 3 fully saturated rings. The van der Waals surface area contributed by atoms with Gasteiger partial charge in [-0.15, -0.1) is 0 Å².